The molecule has 3 atom stereocenters. The summed E-state index contributed by atoms with van der Waals surface area (Å²) in [5.74, 6) is -1.94. The van der Waals surface area contributed by atoms with Gasteiger partial charge in [-0.1, -0.05) is 20.3 Å². The molecule has 0 radical (unpaired) electrons. The van der Waals surface area contributed by atoms with Crippen molar-refractivity contribution in [2.24, 2.45) is 11.8 Å². The summed E-state index contributed by atoms with van der Waals surface area (Å²) >= 11 is 1.31. The molecule has 2 heterocycles. The standard InChI is InChI=1S/C22H29FN4O4S2/c1-4-14(2)19(21(29)26-22-24-15(3)13-32-22)25-20(28)16-6-5-11-27(12-16)33(30,31)18-9-7-17(23)8-10-18/h7-10,13-14,16,19H,4-6,11-12H2,1-3H3,(H,25,28)(H,24,26,29)/t14-,16+,19-/m0/s1. The Labute approximate surface area is 197 Å². The van der Waals surface area contributed by atoms with Gasteiger partial charge in [-0.05, 0) is 49.9 Å². The van der Waals surface area contributed by atoms with Crippen LogP contribution in [0.3, 0.4) is 0 Å². The number of carbonyl (C=O) groups is 2. The zero-order valence-electron chi connectivity index (χ0n) is 18.9. The Kier molecular flexibility index (Phi) is 8.19. The highest BCUT2D eigenvalue weighted by atomic mass is 32.2. The van der Waals surface area contributed by atoms with Crippen LogP contribution in [-0.4, -0.2) is 48.7 Å². The molecular formula is C22H29FN4O4S2. The average Bonchev–Trinajstić information content (AvgIpc) is 3.21. The fourth-order valence-electron chi connectivity index (χ4n) is 3.70. The molecule has 0 unspecified atom stereocenters. The molecule has 1 fully saturated rings. The maximum atomic E-state index is 13.2. The van der Waals surface area contributed by atoms with E-state index in [9.17, 15) is 22.4 Å². The lowest BCUT2D eigenvalue weighted by molar-refractivity contribution is -0.131. The second-order valence-electron chi connectivity index (χ2n) is 8.31. The van der Waals surface area contributed by atoms with E-state index in [1.54, 1.807) is 0 Å². The van der Waals surface area contributed by atoms with Crippen LogP contribution in [0.25, 0.3) is 0 Å². The van der Waals surface area contributed by atoms with Gasteiger partial charge >= 0.3 is 0 Å². The van der Waals surface area contributed by atoms with E-state index in [0.717, 1.165) is 17.8 Å². The highest BCUT2D eigenvalue weighted by Crippen LogP contribution is 2.25. The molecule has 1 aromatic heterocycles. The molecule has 11 heteroatoms. The van der Waals surface area contributed by atoms with Crippen LogP contribution in [0.5, 0.6) is 0 Å². The van der Waals surface area contributed by atoms with Crippen LogP contribution in [0, 0.1) is 24.6 Å². The van der Waals surface area contributed by atoms with Crippen molar-refractivity contribution in [3.05, 3.63) is 41.2 Å². The van der Waals surface area contributed by atoms with Crippen molar-refractivity contribution in [1.29, 1.82) is 0 Å². The van der Waals surface area contributed by atoms with Crippen LogP contribution in [0.4, 0.5) is 9.52 Å². The second kappa shape index (κ2) is 10.7. The van der Waals surface area contributed by atoms with Crippen LogP contribution < -0.4 is 10.6 Å². The highest BCUT2D eigenvalue weighted by Gasteiger charge is 2.35. The molecule has 8 nitrogen and oxygen atoms in total. The predicted octanol–water partition coefficient (Wildman–Crippen LogP) is 3.16. The SMILES string of the molecule is CC[C@H](C)[C@H](NC(=O)[C@@H]1CCCN(S(=O)(=O)c2ccc(F)cc2)C1)C(=O)Nc1nc(C)cs1. The number of aryl methyl sites for hydroxylation is 1. The van der Waals surface area contributed by atoms with E-state index >= 15 is 0 Å². The molecule has 1 aliphatic rings. The minimum absolute atomic E-state index is 0.00601. The number of amides is 2. The second-order valence-corrected chi connectivity index (χ2v) is 11.1. The minimum Gasteiger partial charge on any atom is -0.344 e. The van der Waals surface area contributed by atoms with Crippen molar-refractivity contribution in [1.82, 2.24) is 14.6 Å². The molecule has 0 saturated carbocycles. The van der Waals surface area contributed by atoms with Crippen molar-refractivity contribution in [3.8, 4) is 0 Å². The molecule has 180 valence electrons. The first kappa shape index (κ1) is 25.3. The summed E-state index contributed by atoms with van der Waals surface area (Å²) in [4.78, 5) is 30.2. The normalized spacial score (nSPS) is 19.0. The number of hydrogen-bond acceptors (Lipinski definition) is 6. The monoisotopic (exact) mass is 496 g/mol. The molecule has 33 heavy (non-hydrogen) atoms. The van der Waals surface area contributed by atoms with Crippen LogP contribution >= 0.6 is 11.3 Å². The minimum atomic E-state index is -3.85. The number of benzene rings is 1. The van der Waals surface area contributed by atoms with Gasteiger partial charge in [-0.3, -0.25) is 9.59 Å². The Morgan fingerprint density at radius 3 is 2.61 bits per heavy atom. The number of nitrogens with zero attached hydrogens (tertiary/aromatic N) is 2. The highest BCUT2D eigenvalue weighted by molar-refractivity contribution is 7.89. The van der Waals surface area contributed by atoms with Crippen molar-refractivity contribution >= 4 is 38.3 Å². The number of thiazole rings is 1. The smallest absolute Gasteiger partial charge is 0.249 e. The summed E-state index contributed by atoms with van der Waals surface area (Å²) in [6.07, 6.45) is 1.70. The quantitative estimate of drug-likeness (QED) is 0.584. The van der Waals surface area contributed by atoms with Gasteiger partial charge in [-0.2, -0.15) is 4.31 Å². The number of rotatable bonds is 8. The number of halogens is 1. The predicted molar refractivity (Wildman–Crippen MR) is 125 cm³/mol. The average molecular weight is 497 g/mol. The fourth-order valence-corrected chi connectivity index (χ4v) is 5.91. The van der Waals surface area contributed by atoms with Gasteiger partial charge in [0.1, 0.15) is 11.9 Å². The molecule has 1 aromatic carbocycles. The van der Waals surface area contributed by atoms with Gasteiger partial charge in [0, 0.05) is 18.5 Å². The van der Waals surface area contributed by atoms with Crippen LogP contribution in [0.1, 0.15) is 38.8 Å². The Hall–Kier alpha value is -2.37. The summed E-state index contributed by atoms with van der Waals surface area (Å²) in [5.41, 5.74) is 0.795. The lowest BCUT2D eigenvalue weighted by Gasteiger charge is -2.32. The lowest BCUT2D eigenvalue weighted by atomic mass is 9.95. The van der Waals surface area contributed by atoms with Gasteiger partial charge in [0.2, 0.25) is 21.8 Å². The molecule has 2 aromatic rings. The van der Waals surface area contributed by atoms with Gasteiger partial charge in [-0.25, -0.2) is 17.8 Å². The van der Waals surface area contributed by atoms with E-state index in [0.29, 0.717) is 24.4 Å². The third kappa shape index (κ3) is 6.15. The number of hydrogen-bond donors (Lipinski definition) is 2. The van der Waals surface area contributed by atoms with Gasteiger partial charge in [0.05, 0.1) is 16.5 Å². The number of aromatic nitrogens is 1. The van der Waals surface area contributed by atoms with E-state index in [1.165, 1.54) is 27.8 Å². The molecule has 3 rings (SSSR count). The zero-order chi connectivity index (χ0) is 24.2. The number of carbonyl (C=O) groups excluding carboxylic acids is 2. The van der Waals surface area contributed by atoms with E-state index in [-0.39, 0.29) is 35.7 Å². The Morgan fingerprint density at radius 1 is 1.30 bits per heavy atom. The van der Waals surface area contributed by atoms with E-state index in [4.69, 9.17) is 0 Å². The molecule has 0 aliphatic carbocycles. The largest absolute Gasteiger partial charge is 0.344 e. The van der Waals surface area contributed by atoms with Crippen molar-refractivity contribution in [2.75, 3.05) is 18.4 Å². The number of piperidine rings is 1. The fraction of sp³-hybridized carbons (Fsp3) is 0.500. The van der Waals surface area contributed by atoms with Gasteiger partial charge in [-0.15, -0.1) is 11.3 Å². The summed E-state index contributed by atoms with van der Waals surface area (Å²) < 4.78 is 40.4. The Balaban J connectivity index is 1.70. The molecule has 0 bridgehead atoms. The van der Waals surface area contributed by atoms with Crippen molar-refractivity contribution < 1.29 is 22.4 Å². The topological polar surface area (TPSA) is 108 Å². The van der Waals surface area contributed by atoms with Crippen LogP contribution in [0.15, 0.2) is 34.5 Å². The summed E-state index contributed by atoms with van der Waals surface area (Å²) in [5, 5.41) is 7.89. The first-order chi connectivity index (χ1) is 15.6. The van der Waals surface area contributed by atoms with Crippen molar-refractivity contribution in [3.63, 3.8) is 0 Å². The lowest BCUT2D eigenvalue weighted by Crippen LogP contribution is -2.52. The number of sulfonamides is 1. The molecular weight excluding hydrogens is 467 g/mol. The van der Waals surface area contributed by atoms with Gasteiger partial charge in [0.25, 0.3) is 0 Å². The number of nitrogens with one attached hydrogen (secondary N) is 2. The molecule has 1 saturated heterocycles. The summed E-state index contributed by atoms with van der Waals surface area (Å²) in [6.45, 7) is 5.93. The van der Waals surface area contributed by atoms with Gasteiger partial charge < -0.3 is 10.6 Å². The molecule has 2 N–H and O–H groups in total. The van der Waals surface area contributed by atoms with Crippen LogP contribution in [-0.2, 0) is 19.6 Å². The maximum absolute atomic E-state index is 13.2. The summed E-state index contributed by atoms with van der Waals surface area (Å²) in [7, 11) is -3.85. The van der Waals surface area contributed by atoms with E-state index < -0.39 is 27.8 Å². The first-order valence-electron chi connectivity index (χ1n) is 10.9. The zero-order valence-corrected chi connectivity index (χ0v) is 20.5. The first-order valence-corrected chi connectivity index (χ1v) is 13.2. The number of anilines is 1. The third-order valence-corrected chi connectivity index (χ3v) is 8.60. The van der Waals surface area contributed by atoms with E-state index in [1.807, 2.05) is 26.2 Å². The van der Waals surface area contributed by atoms with Gasteiger partial charge in [0.15, 0.2) is 5.13 Å². The Morgan fingerprint density at radius 2 is 2.00 bits per heavy atom. The molecule has 2 amide bonds. The van der Waals surface area contributed by atoms with Crippen LogP contribution in [0.2, 0.25) is 0 Å². The summed E-state index contributed by atoms with van der Waals surface area (Å²) in [6, 6.07) is 3.87. The Bertz CT molecular complexity index is 1090. The molecule has 0 spiro atoms. The third-order valence-electron chi connectivity index (χ3n) is 5.85. The van der Waals surface area contributed by atoms with Crippen molar-refractivity contribution in [2.45, 2.75) is 51.0 Å². The maximum Gasteiger partial charge on any atom is 0.249 e. The molecule has 1 aliphatic heterocycles. The van der Waals surface area contributed by atoms with E-state index in [2.05, 4.69) is 15.6 Å².